The van der Waals surface area contributed by atoms with E-state index in [4.69, 9.17) is 4.42 Å². The molecule has 0 aliphatic heterocycles. The summed E-state index contributed by atoms with van der Waals surface area (Å²) in [7, 11) is 0. The van der Waals surface area contributed by atoms with Gasteiger partial charge in [0.1, 0.15) is 5.58 Å². The maximum atomic E-state index is 6.77. The van der Waals surface area contributed by atoms with Gasteiger partial charge < -0.3 is 9.32 Å². The van der Waals surface area contributed by atoms with Gasteiger partial charge in [0.2, 0.25) is 0 Å². The van der Waals surface area contributed by atoms with Crippen LogP contribution in [0.1, 0.15) is 25.0 Å². The van der Waals surface area contributed by atoms with Crippen molar-refractivity contribution in [3.63, 3.8) is 0 Å². The minimum absolute atomic E-state index is 0.101. The first-order valence-corrected chi connectivity index (χ1v) is 14.9. The summed E-state index contributed by atoms with van der Waals surface area (Å²) in [6, 6.07) is 50.4. The lowest BCUT2D eigenvalue weighted by atomic mass is 9.82. The zero-order valence-electron chi connectivity index (χ0n) is 24.1. The molecule has 0 saturated carbocycles. The van der Waals surface area contributed by atoms with Crippen molar-refractivity contribution in [1.29, 1.82) is 0 Å². The maximum absolute atomic E-state index is 6.77. The van der Waals surface area contributed by atoms with E-state index in [2.05, 4.69) is 158 Å². The zero-order chi connectivity index (χ0) is 28.7. The van der Waals surface area contributed by atoms with Crippen molar-refractivity contribution < 1.29 is 4.42 Å². The first kappa shape index (κ1) is 24.3. The minimum Gasteiger partial charge on any atom is -0.454 e. The molecule has 0 unspecified atom stereocenters. The molecule has 0 saturated heterocycles. The Morgan fingerprint density at radius 2 is 1.16 bits per heavy atom. The van der Waals surface area contributed by atoms with Gasteiger partial charge in [-0.05, 0) is 68.7 Å². The Kier molecular flexibility index (Phi) is 4.99. The first-order chi connectivity index (χ1) is 21.1. The molecule has 0 bridgehead atoms. The maximum Gasteiger partial charge on any atom is 0.159 e. The van der Waals surface area contributed by atoms with E-state index in [0.29, 0.717) is 0 Å². The molecule has 1 aliphatic carbocycles. The van der Waals surface area contributed by atoms with E-state index in [0.717, 1.165) is 33.6 Å². The lowest BCUT2D eigenvalue weighted by molar-refractivity contribution is 0.660. The molecule has 7 aromatic carbocycles. The third kappa shape index (κ3) is 3.41. The predicted octanol–water partition coefficient (Wildman–Crippen LogP) is 11.7. The Morgan fingerprint density at radius 3 is 2.05 bits per heavy atom. The van der Waals surface area contributed by atoms with Gasteiger partial charge in [-0.1, -0.05) is 123 Å². The molecule has 0 atom stereocenters. The summed E-state index contributed by atoms with van der Waals surface area (Å²) in [5, 5.41) is 7.13. The van der Waals surface area contributed by atoms with Gasteiger partial charge in [0, 0.05) is 27.3 Å². The number of anilines is 3. The van der Waals surface area contributed by atoms with Crippen molar-refractivity contribution in [2.45, 2.75) is 19.3 Å². The van der Waals surface area contributed by atoms with E-state index in [9.17, 15) is 0 Å². The summed E-state index contributed by atoms with van der Waals surface area (Å²) in [5.74, 6) is 0. The Balaban J connectivity index is 1.36. The van der Waals surface area contributed by atoms with Crippen molar-refractivity contribution in [2.24, 2.45) is 0 Å². The van der Waals surface area contributed by atoms with Crippen LogP contribution < -0.4 is 4.90 Å². The molecule has 0 N–H and O–H groups in total. The number of hydrogen-bond donors (Lipinski definition) is 0. The molecule has 0 amide bonds. The van der Waals surface area contributed by atoms with E-state index in [1.54, 1.807) is 0 Å². The van der Waals surface area contributed by atoms with Crippen LogP contribution in [0.5, 0.6) is 0 Å². The van der Waals surface area contributed by atoms with Crippen molar-refractivity contribution >= 4 is 60.5 Å². The lowest BCUT2D eigenvalue weighted by Crippen LogP contribution is -2.16. The molecular weight excluding hydrogens is 522 g/mol. The fourth-order valence-electron chi connectivity index (χ4n) is 7.37. The molecule has 2 nitrogen and oxygen atoms in total. The van der Waals surface area contributed by atoms with Crippen molar-refractivity contribution in [3.05, 3.63) is 151 Å². The molecule has 0 spiro atoms. The van der Waals surface area contributed by atoms with Crippen LogP contribution in [0.2, 0.25) is 0 Å². The molecule has 204 valence electrons. The van der Waals surface area contributed by atoms with Gasteiger partial charge in [0.25, 0.3) is 0 Å². The smallest absolute Gasteiger partial charge is 0.159 e. The number of rotatable bonds is 3. The van der Waals surface area contributed by atoms with E-state index in [1.165, 1.54) is 49.2 Å². The minimum atomic E-state index is -0.101. The second-order valence-electron chi connectivity index (χ2n) is 12.1. The molecule has 2 heteroatoms. The van der Waals surface area contributed by atoms with Crippen LogP contribution in [0.25, 0.3) is 54.6 Å². The van der Waals surface area contributed by atoms with Gasteiger partial charge in [-0.2, -0.15) is 0 Å². The van der Waals surface area contributed by atoms with E-state index < -0.39 is 0 Å². The molecular formula is C41H29NO. The molecule has 8 aromatic rings. The number of para-hydroxylation sites is 1. The van der Waals surface area contributed by atoms with Crippen LogP contribution in [0.3, 0.4) is 0 Å². The molecule has 1 heterocycles. The Labute approximate surface area is 250 Å². The number of furan rings is 1. The van der Waals surface area contributed by atoms with Gasteiger partial charge in [-0.3, -0.25) is 0 Å². The monoisotopic (exact) mass is 551 g/mol. The highest BCUT2D eigenvalue weighted by Crippen LogP contribution is 2.52. The number of fused-ring (bicyclic) bond motifs is 9. The van der Waals surface area contributed by atoms with E-state index >= 15 is 0 Å². The van der Waals surface area contributed by atoms with Crippen LogP contribution in [0.4, 0.5) is 17.1 Å². The van der Waals surface area contributed by atoms with Crippen LogP contribution in [-0.2, 0) is 5.41 Å². The highest BCUT2D eigenvalue weighted by molar-refractivity contribution is 6.21. The average molecular weight is 552 g/mol. The third-order valence-electron chi connectivity index (χ3n) is 9.44. The van der Waals surface area contributed by atoms with Crippen molar-refractivity contribution in [2.75, 3.05) is 4.90 Å². The summed E-state index contributed by atoms with van der Waals surface area (Å²) in [6.45, 7) is 4.68. The predicted molar refractivity (Wildman–Crippen MR) is 181 cm³/mol. The summed E-state index contributed by atoms with van der Waals surface area (Å²) in [4.78, 5) is 2.40. The van der Waals surface area contributed by atoms with Gasteiger partial charge in [-0.25, -0.2) is 0 Å². The van der Waals surface area contributed by atoms with E-state index in [1.807, 2.05) is 0 Å². The molecule has 9 rings (SSSR count). The van der Waals surface area contributed by atoms with Gasteiger partial charge in [0.05, 0.1) is 11.4 Å². The Hall–Kier alpha value is -5.34. The van der Waals surface area contributed by atoms with Gasteiger partial charge in [0.15, 0.2) is 5.58 Å². The SMILES string of the molecule is CC1(C)c2ccccc2-c2ccc(N(c3cccc4ccccc34)c3cccc4c3oc3ccc5ccccc5c34)cc21. The molecule has 1 aromatic heterocycles. The van der Waals surface area contributed by atoms with Crippen LogP contribution in [-0.4, -0.2) is 0 Å². The highest BCUT2D eigenvalue weighted by Gasteiger charge is 2.36. The second kappa shape index (κ2) is 8.83. The number of nitrogens with zero attached hydrogens (tertiary/aromatic N) is 1. The molecule has 1 aliphatic rings. The van der Waals surface area contributed by atoms with Crippen LogP contribution in [0, 0.1) is 0 Å². The summed E-state index contributed by atoms with van der Waals surface area (Å²) in [6.07, 6.45) is 0. The third-order valence-corrected chi connectivity index (χ3v) is 9.44. The standard InChI is InChI=1S/C41H29NO/c1-41(2)34-18-8-7-16-31(34)32-23-22-28(25-35(32)41)42(36-19-9-13-26-11-3-5-14-29(26)36)37-20-10-17-33-39-30-15-6-4-12-27(30)21-24-38(39)43-40(33)37/h3-25H,1-2H3. The Morgan fingerprint density at radius 1 is 0.512 bits per heavy atom. The highest BCUT2D eigenvalue weighted by atomic mass is 16.3. The number of benzene rings is 7. The summed E-state index contributed by atoms with van der Waals surface area (Å²) in [5.41, 5.74) is 10.4. The quantitative estimate of drug-likeness (QED) is 0.217. The van der Waals surface area contributed by atoms with Crippen LogP contribution in [0.15, 0.2) is 144 Å². The molecule has 0 radical (unpaired) electrons. The largest absolute Gasteiger partial charge is 0.454 e. The topological polar surface area (TPSA) is 16.4 Å². The van der Waals surface area contributed by atoms with Gasteiger partial charge in [-0.15, -0.1) is 0 Å². The second-order valence-corrected chi connectivity index (χ2v) is 12.1. The average Bonchev–Trinajstić information content (AvgIpc) is 3.55. The molecule has 0 fully saturated rings. The fraction of sp³-hybridized carbons (Fsp3) is 0.0732. The van der Waals surface area contributed by atoms with Crippen LogP contribution >= 0.6 is 0 Å². The fourth-order valence-corrected chi connectivity index (χ4v) is 7.37. The van der Waals surface area contributed by atoms with E-state index in [-0.39, 0.29) is 5.41 Å². The molecule has 43 heavy (non-hydrogen) atoms. The Bertz CT molecular complexity index is 2390. The lowest BCUT2D eigenvalue weighted by Gasteiger charge is -2.29. The summed E-state index contributed by atoms with van der Waals surface area (Å²) >= 11 is 0. The van der Waals surface area contributed by atoms with Crippen molar-refractivity contribution in [1.82, 2.24) is 0 Å². The zero-order valence-corrected chi connectivity index (χ0v) is 24.1. The van der Waals surface area contributed by atoms with Gasteiger partial charge >= 0.3 is 0 Å². The number of hydrogen-bond acceptors (Lipinski definition) is 2. The summed E-state index contributed by atoms with van der Waals surface area (Å²) < 4.78 is 6.77. The first-order valence-electron chi connectivity index (χ1n) is 14.9. The normalized spacial score (nSPS) is 13.5. The van der Waals surface area contributed by atoms with Crippen molar-refractivity contribution in [3.8, 4) is 11.1 Å².